The Bertz CT molecular complexity index is 330. The highest BCUT2D eigenvalue weighted by Crippen LogP contribution is 2.72. The molecule has 4 rings (SSSR count). The van der Waals surface area contributed by atoms with Crippen LogP contribution in [0, 0.1) is 44.0 Å². The lowest BCUT2D eigenvalue weighted by Crippen LogP contribution is -2.62. The predicted molar refractivity (Wildman–Crippen MR) is 34.2 cm³/mol. The first kappa shape index (κ1) is 9.73. The van der Waals surface area contributed by atoms with E-state index in [0.717, 1.165) is 0 Å². The molecule has 0 radical (unpaired) electrons. The van der Waals surface area contributed by atoms with Gasteiger partial charge in [-0.3, -0.25) is 10.1 Å². The van der Waals surface area contributed by atoms with Crippen molar-refractivity contribution in [1.82, 2.24) is 0 Å². The van der Waals surface area contributed by atoms with Gasteiger partial charge in [-0.1, -0.05) is 0 Å². The molecule has 15 heavy (non-hydrogen) atoms. The second-order valence-electron chi connectivity index (χ2n) is 4.43. The van der Waals surface area contributed by atoms with Crippen LogP contribution in [-0.2, 0) is 4.29 Å². The second kappa shape index (κ2) is 2.61. The highest BCUT2D eigenvalue weighted by molar-refractivity contribution is 5.21. The molecule has 0 N–H and O–H groups in total. The number of nitro groups is 1. The Morgan fingerprint density at radius 2 is 1.87 bits per heavy atom. The van der Waals surface area contributed by atoms with Gasteiger partial charge in [-0.05, 0) is 12.3 Å². The summed E-state index contributed by atoms with van der Waals surface area (Å²) in [5.41, 5.74) is 0. The van der Waals surface area contributed by atoms with E-state index in [1.165, 1.54) is 0 Å². The van der Waals surface area contributed by atoms with Crippen LogP contribution in [0.15, 0.2) is 0 Å². The minimum absolute atomic E-state index is 0.0630. The first-order valence-electron chi connectivity index (χ1n) is 4.63. The molecule has 4 aliphatic carbocycles. The number of halogens is 1. The van der Waals surface area contributed by atoms with Gasteiger partial charge in [-0.2, -0.15) is 14.0 Å². The van der Waals surface area contributed by atoms with Crippen LogP contribution in [0.2, 0.25) is 0 Å². The van der Waals surface area contributed by atoms with Gasteiger partial charge in [0.1, 0.15) is 0 Å². The molecule has 2 unspecified atom stereocenters. The summed E-state index contributed by atoms with van der Waals surface area (Å²) in [6.07, 6.45) is -0.129. The molecule has 4 bridgehead atoms. The van der Waals surface area contributed by atoms with Crippen molar-refractivity contribution in [3.05, 3.63) is 10.1 Å². The Balaban J connectivity index is 1.78. The summed E-state index contributed by atoms with van der Waals surface area (Å²) in [6.45, 7) is 0. The molecule has 8 heteroatoms. The van der Waals surface area contributed by atoms with E-state index in [0.29, 0.717) is 6.42 Å². The van der Waals surface area contributed by atoms with E-state index in [1.54, 1.807) is 0 Å². The molecule has 0 heterocycles. The number of nitrogens with zero attached hydrogens (tertiary/aromatic N) is 1. The van der Waals surface area contributed by atoms with Gasteiger partial charge in [0.2, 0.25) is 12.1 Å². The molecular weight excluding hydrogens is 230 g/mol. The van der Waals surface area contributed by atoms with E-state index in [2.05, 4.69) is 4.29 Å². The molecule has 7 nitrogen and oxygen atoms in total. The van der Waals surface area contributed by atoms with Gasteiger partial charge in [0.25, 0.3) is 0 Å². The van der Waals surface area contributed by atoms with Crippen LogP contribution < -0.4 is 14.0 Å². The lowest BCUT2D eigenvalue weighted by atomic mass is 10.1. The fourth-order valence-corrected chi connectivity index (χ4v) is 4.09. The zero-order chi connectivity index (χ0) is 11.0. The average Bonchev–Trinajstić information content (AvgIpc) is 2.40. The van der Waals surface area contributed by atoms with Crippen LogP contribution in [0.25, 0.3) is 0 Å². The van der Waals surface area contributed by atoms with Crippen molar-refractivity contribution in [2.75, 3.05) is 0 Å². The Hall–Kier alpha value is -0.470. The molecule has 0 spiro atoms. The first-order chi connectivity index (χ1) is 6.90. The van der Waals surface area contributed by atoms with Gasteiger partial charge in [0.05, 0.1) is 20.5 Å². The van der Waals surface area contributed by atoms with Crippen molar-refractivity contribution in [1.29, 1.82) is 0 Å². The molecule has 6 atom stereocenters. The normalized spacial score (nSPS) is 50.9. The Morgan fingerprint density at radius 3 is 2.27 bits per heavy atom. The summed E-state index contributed by atoms with van der Waals surface area (Å²) in [5, 5.41) is 10.7. The summed E-state index contributed by atoms with van der Waals surface area (Å²) in [4.78, 5) is 10.3. The number of rotatable bonds is 3. The van der Waals surface area contributed by atoms with E-state index in [4.69, 9.17) is 0 Å². The standard InChI is InChI=1S/C7H8ClNO6/c10-8(11,12)15-7-3-1-2-4(5(2)7)6(3)9(13)14/h2-7H,1H2/t2-,3+,4?,5?,6-,7-/m1/s1. The van der Waals surface area contributed by atoms with E-state index in [1.807, 2.05) is 0 Å². The largest absolute Gasteiger partial charge is 0.264 e. The lowest BCUT2D eigenvalue weighted by molar-refractivity contribution is -1.92. The maximum absolute atomic E-state index is 10.7. The van der Waals surface area contributed by atoms with E-state index < -0.39 is 28.3 Å². The second-order valence-corrected chi connectivity index (χ2v) is 5.36. The third-order valence-corrected chi connectivity index (χ3v) is 4.35. The maximum atomic E-state index is 10.7. The molecule has 0 saturated heterocycles. The first-order valence-corrected chi connectivity index (χ1v) is 5.86. The van der Waals surface area contributed by atoms with E-state index >= 15 is 0 Å². The average molecular weight is 238 g/mol. The molecule has 0 aromatic rings. The van der Waals surface area contributed by atoms with Crippen molar-refractivity contribution in [3.63, 3.8) is 0 Å². The number of hydrogen-bond acceptors (Lipinski definition) is 6. The van der Waals surface area contributed by atoms with Crippen LogP contribution in [0.5, 0.6) is 0 Å². The van der Waals surface area contributed by atoms with Gasteiger partial charge < -0.3 is 0 Å². The molecule has 0 amide bonds. The smallest absolute Gasteiger partial charge is 0.226 e. The summed E-state index contributed by atoms with van der Waals surface area (Å²) >= 11 is 0. The SMILES string of the molecule is O=[N+]([O-])[C@H]1C2C3[C@@H]2C[C@@H]1[C@H]3O[Cl+3]([O-])([O-])[O-]. The van der Waals surface area contributed by atoms with Crippen LogP contribution in [0.4, 0.5) is 0 Å². The number of hydrogen-bond donors (Lipinski definition) is 0. The Kier molecular flexibility index (Phi) is 1.69. The molecule has 4 saturated carbocycles. The zero-order valence-corrected chi connectivity index (χ0v) is 8.20. The van der Waals surface area contributed by atoms with Crippen molar-refractivity contribution in [2.24, 2.45) is 23.7 Å². The maximum Gasteiger partial charge on any atom is 0.226 e. The van der Waals surface area contributed by atoms with Crippen LogP contribution in [0.3, 0.4) is 0 Å². The van der Waals surface area contributed by atoms with Crippen molar-refractivity contribution in [3.8, 4) is 0 Å². The third-order valence-electron chi connectivity index (χ3n) is 3.93. The van der Waals surface area contributed by atoms with Gasteiger partial charge in [-0.25, -0.2) is 0 Å². The molecule has 4 fully saturated rings. The third kappa shape index (κ3) is 1.21. The Morgan fingerprint density at radius 1 is 1.20 bits per heavy atom. The molecule has 0 aromatic heterocycles. The predicted octanol–water partition coefficient (Wildman–Crippen LogP) is -3.19. The summed E-state index contributed by atoms with van der Waals surface area (Å²) < 4.78 is 35.6. The Labute approximate surface area is 86.5 Å². The zero-order valence-electron chi connectivity index (χ0n) is 7.45. The summed E-state index contributed by atoms with van der Waals surface area (Å²) in [6, 6.07) is -0.707. The molecule has 4 aliphatic rings. The minimum atomic E-state index is -4.47. The summed E-state index contributed by atoms with van der Waals surface area (Å²) in [7, 11) is -4.47. The van der Waals surface area contributed by atoms with Crippen molar-refractivity contribution >= 4 is 0 Å². The molecular formula is C7H8ClNO6. The monoisotopic (exact) mass is 237 g/mol. The topological polar surface area (TPSA) is 122 Å². The van der Waals surface area contributed by atoms with Gasteiger partial charge in [0.15, 0.2) is 0 Å². The minimum Gasteiger partial charge on any atom is -0.264 e. The van der Waals surface area contributed by atoms with Crippen molar-refractivity contribution in [2.45, 2.75) is 18.6 Å². The highest BCUT2D eigenvalue weighted by Gasteiger charge is 2.82. The van der Waals surface area contributed by atoms with Gasteiger partial charge in [-0.15, -0.1) is 0 Å². The van der Waals surface area contributed by atoms with Crippen LogP contribution >= 0.6 is 0 Å². The van der Waals surface area contributed by atoms with E-state index in [9.17, 15) is 24.1 Å². The van der Waals surface area contributed by atoms with Crippen LogP contribution in [-0.4, -0.2) is 17.1 Å². The van der Waals surface area contributed by atoms with Crippen molar-refractivity contribution < 1.29 is 33.4 Å². The molecule has 84 valence electrons. The fourth-order valence-electron chi connectivity index (χ4n) is 3.59. The lowest BCUT2D eigenvalue weighted by Gasteiger charge is -2.17. The van der Waals surface area contributed by atoms with Gasteiger partial charge in [0, 0.05) is 16.8 Å². The van der Waals surface area contributed by atoms with E-state index in [-0.39, 0.29) is 22.7 Å². The summed E-state index contributed by atoms with van der Waals surface area (Å²) in [5.74, 6) is -0.336. The fraction of sp³-hybridized carbons (Fsp3) is 1.00. The highest BCUT2D eigenvalue weighted by atomic mass is 35.7. The quantitative estimate of drug-likeness (QED) is 0.377. The van der Waals surface area contributed by atoms with Crippen LogP contribution in [0.1, 0.15) is 6.42 Å². The molecule has 0 aliphatic heterocycles. The molecule has 0 aromatic carbocycles. The van der Waals surface area contributed by atoms with Gasteiger partial charge >= 0.3 is 0 Å².